The number of nitrogens with zero attached hydrogens (tertiary/aromatic N) is 3. The second kappa shape index (κ2) is 6.65. The molecule has 7 nitrogen and oxygen atoms in total. The molecule has 2 saturated heterocycles. The number of ether oxygens (including phenoxy) is 2. The summed E-state index contributed by atoms with van der Waals surface area (Å²) in [7, 11) is 1.73. The first kappa shape index (κ1) is 16.4. The lowest BCUT2D eigenvalue weighted by Crippen LogP contribution is -2.51. The Labute approximate surface area is 145 Å². The van der Waals surface area contributed by atoms with Crippen LogP contribution in [0.5, 0.6) is 0 Å². The summed E-state index contributed by atoms with van der Waals surface area (Å²) in [6.07, 6.45) is 2.57. The molecule has 1 atom stereocenters. The molecule has 3 heterocycles. The van der Waals surface area contributed by atoms with Crippen molar-refractivity contribution in [3.8, 4) is 0 Å². The Morgan fingerprint density at radius 1 is 1.16 bits per heavy atom. The second-order valence-electron chi connectivity index (χ2n) is 6.68. The number of para-hydroxylation sites is 2. The van der Waals surface area contributed by atoms with Gasteiger partial charge in [-0.3, -0.25) is 13.9 Å². The fourth-order valence-corrected chi connectivity index (χ4v) is 3.89. The maximum absolute atomic E-state index is 13.0. The van der Waals surface area contributed by atoms with Crippen LogP contribution in [0.4, 0.5) is 0 Å². The molecule has 2 aliphatic rings. The van der Waals surface area contributed by atoms with Crippen molar-refractivity contribution < 1.29 is 14.3 Å². The smallest absolute Gasteiger partial charge is 0.329 e. The van der Waals surface area contributed by atoms with Gasteiger partial charge in [0.2, 0.25) is 5.91 Å². The van der Waals surface area contributed by atoms with Crippen molar-refractivity contribution in [1.29, 1.82) is 0 Å². The summed E-state index contributed by atoms with van der Waals surface area (Å²) in [4.78, 5) is 27.4. The number of piperidine rings is 1. The molecule has 0 saturated carbocycles. The highest BCUT2D eigenvalue weighted by atomic mass is 16.7. The van der Waals surface area contributed by atoms with Crippen LogP contribution in [0.3, 0.4) is 0 Å². The third-order valence-electron chi connectivity index (χ3n) is 5.18. The first-order valence-corrected chi connectivity index (χ1v) is 8.84. The number of aryl methyl sites for hydroxylation is 1. The lowest BCUT2D eigenvalue weighted by atomic mass is 10.0. The monoisotopic (exact) mass is 345 g/mol. The minimum Gasteiger partial charge on any atom is -0.348 e. The van der Waals surface area contributed by atoms with E-state index in [1.165, 1.54) is 0 Å². The summed E-state index contributed by atoms with van der Waals surface area (Å²) in [5, 5.41) is 0. The number of fused-ring (bicyclic) bond motifs is 1. The van der Waals surface area contributed by atoms with E-state index in [1.807, 2.05) is 29.2 Å². The van der Waals surface area contributed by atoms with E-state index in [4.69, 9.17) is 9.47 Å². The van der Waals surface area contributed by atoms with E-state index in [9.17, 15) is 9.59 Å². The van der Waals surface area contributed by atoms with Crippen LogP contribution in [0.2, 0.25) is 0 Å². The van der Waals surface area contributed by atoms with Gasteiger partial charge in [0.05, 0.1) is 30.3 Å². The van der Waals surface area contributed by atoms with Gasteiger partial charge in [-0.1, -0.05) is 12.1 Å². The average molecular weight is 345 g/mol. The van der Waals surface area contributed by atoms with E-state index in [0.717, 1.165) is 30.3 Å². The van der Waals surface area contributed by atoms with Crippen molar-refractivity contribution in [2.75, 3.05) is 19.8 Å². The standard InChI is InChI=1S/C18H23N3O4/c1-19-13-6-2-3-7-14(13)21(18(19)23)12-16(22)20-9-5-4-8-15(20)17-24-10-11-25-17/h2-3,6-7,15,17H,4-5,8-12H2,1H3. The van der Waals surface area contributed by atoms with Gasteiger partial charge in [0.25, 0.3) is 0 Å². The zero-order chi connectivity index (χ0) is 17.4. The molecule has 0 N–H and O–H groups in total. The van der Waals surface area contributed by atoms with Gasteiger partial charge in [-0.25, -0.2) is 4.79 Å². The minimum absolute atomic E-state index is 0.0450. The third-order valence-corrected chi connectivity index (χ3v) is 5.18. The van der Waals surface area contributed by atoms with E-state index in [1.54, 1.807) is 16.2 Å². The Bertz CT molecular complexity index is 834. The summed E-state index contributed by atoms with van der Waals surface area (Å²) in [6, 6.07) is 7.48. The first-order valence-electron chi connectivity index (χ1n) is 8.84. The summed E-state index contributed by atoms with van der Waals surface area (Å²) in [5.41, 5.74) is 1.44. The second-order valence-corrected chi connectivity index (χ2v) is 6.68. The van der Waals surface area contributed by atoms with Crippen molar-refractivity contribution >= 4 is 16.9 Å². The van der Waals surface area contributed by atoms with Crippen molar-refractivity contribution in [3.05, 3.63) is 34.7 Å². The largest absolute Gasteiger partial charge is 0.348 e. The van der Waals surface area contributed by atoms with Gasteiger partial charge < -0.3 is 14.4 Å². The van der Waals surface area contributed by atoms with Crippen molar-refractivity contribution in [2.24, 2.45) is 7.05 Å². The molecule has 25 heavy (non-hydrogen) atoms. The number of hydrogen-bond donors (Lipinski definition) is 0. The zero-order valence-electron chi connectivity index (χ0n) is 14.4. The Kier molecular flexibility index (Phi) is 4.35. The highest BCUT2D eigenvalue weighted by Crippen LogP contribution is 2.25. The van der Waals surface area contributed by atoms with Gasteiger partial charge in [-0.15, -0.1) is 0 Å². The number of hydrogen-bond acceptors (Lipinski definition) is 4. The van der Waals surface area contributed by atoms with Crippen LogP contribution in [0.25, 0.3) is 11.0 Å². The van der Waals surface area contributed by atoms with E-state index >= 15 is 0 Å². The fourth-order valence-electron chi connectivity index (χ4n) is 3.89. The van der Waals surface area contributed by atoms with E-state index < -0.39 is 0 Å². The van der Waals surface area contributed by atoms with Gasteiger partial charge in [0.1, 0.15) is 6.54 Å². The molecule has 1 unspecified atom stereocenters. The van der Waals surface area contributed by atoms with Gasteiger partial charge in [-0.05, 0) is 31.4 Å². The normalized spacial score (nSPS) is 22.0. The molecule has 0 bridgehead atoms. The molecule has 0 spiro atoms. The molecule has 2 aromatic rings. The molecule has 1 amide bonds. The first-order chi connectivity index (χ1) is 12.2. The topological polar surface area (TPSA) is 65.7 Å². The van der Waals surface area contributed by atoms with Crippen LogP contribution < -0.4 is 5.69 Å². The van der Waals surface area contributed by atoms with Gasteiger partial charge in [-0.2, -0.15) is 0 Å². The molecule has 0 aliphatic carbocycles. The van der Waals surface area contributed by atoms with E-state index in [0.29, 0.717) is 19.8 Å². The predicted octanol–water partition coefficient (Wildman–Crippen LogP) is 1.09. The van der Waals surface area contributed by atoms with Crippen LogP contribution in [-0.2, 0) is 27.9 Å². The van der Waals surface area contributed by atoms with Crippen molar-refractivity contribution in [1.82, 2.24) is 14.0 Å². The Morgan fingerprint density at radius 2 is 1.88 bits per heavy atom. The fraction of sp³-hybridized carbons (Fsp3) is 0.556. The summed E-state index contributed by atoms with van der Waals surface area (Å²) in [6.45, 7) is 1.88. The quantitative estimate of drug-likeness (QED) is 0.835. The zero-order valence-corrected chi connectivity index (χ0v) is 14.4. The molecular formula is C18H23N3O4. The Balaban J connectivity index is 1.61. The van der Waals surface area contributed by atoms with Crippen LogP contribution in [0.15, 0.2) is 29.1 Å². The number of likely N-dealkylation sites (tertiary alicyclic amines) is 1. The Morgan fingerprint density at radius 3 is 2.64 bits per heavy atom. The maximum atomic E-state index is 13.0. The predicted molar refractivity (Wildman–Crippen MR) is 92.2 cm³/mol. The number of aromatic nitrogens is 2. The summed E-state index contributed by atoms with van der Waals surface area (Å²) >= 11 is 0. The molecule has 2 aliphatic heterocycles. The number of imidazole rings is 1. The minimum atomic E-state index is -0.339. The number of amides is 1. The summed E-state index contributed by atoms with van der Waals surface area (Å²) < 4.78 is 14.4. The number of carbonyl (C=O) groups excluding carboxylic acids is 1. The summed E-state index contributed by atoms with van der Waals surface area (Å²) in [5.74, 6) is -0.0535. The molecule has 134 valence electrons. The molecule has 0 radical (unpaired) electrons. The molecule has 1 aromatic heterocycles. The lowest BCUT2D eigenvalue weighted by molar-refractivity contribution is -0.151. The van der Waals surface area contributed by atoms with Crippen LogP contribution in [-0.4, -0.2) is 52.0 Å². The molecule has 2 fully saturated rings. The molecular weight excluding hydrogens is 322 g/mol. The molecule has 4 rings (SSSR count). The van der Waals surface area contributed by atoms with Crippen LogP contribution >= 0.6 is 0 Å². The number of benzene rings is 1. The SMILES string of the molecule is Cn1c(=O)n(CC(=O)N2CCCCC2C2OCCO2)c2ccccc21. The van der Waals surface area contributed by atoms with Crippen LogP contribution in [0, 0.1) is 0 Å². The number of carbonyl (C=O) groups is 1. The van der Waals surface area contributed by atoms with Crippen LogP contribution in [0.1, 0.15) is 19.3 Å². The average Bonchev–Trinajstić information content (AvgIpc) is 3.26. The lowest BCUT2D eigenvalue weighted by Gasteiger charge is -2.38. The Hall–Kier alpha value is -2.12. The number of rotatable bonds is 3. The third kappa shape index (κ3) is 2.87. The van der Waals surface area contributed by atoms with Gasteiger partial charge >= 0.3 is 5.69 Å². The van der Waals surface area contributed by atoms with Gasteiger partial charge in [0.15, 0.2) is 6.29 Å². The van der Waals surface area contributed by atoms with E-state index in [-0.39, 0.29) is 30.5 Å². The molecule has 7 heteroatoms. The van der Waals surface area contributed by atoms with Gasteiger partial charge in [0, 0.05) is 13.6 Å². The molecule has 1 aromatic carbocycles. The van der Waals surface area contributed by atoms with Crippen molar-refractivity contribution in [2.45, 2.75) is 38.1 Å². The highest BCUT2D eigenvalue weighted by Gasteiger charge is 2.36. The van der Waals surface area contributed by atoms with Crippen molar-refractivity contribution in [3.63, 3.8) is 0 Å². The highest BCUT2D eigenvalue weighted by molar-refractivity contribution is 5.81. The van der Waals surface area contributed by atoms with E-state index in [2.05, 4.69) is 0 Å². The maximum Gasteiger partial charge on any atom is 0.329 e.